The van der Waals surface area contributed by atoms with Crippen molar-refractivity contribution >= 4 is 0 Å². The smallest absolute Gasteiger partial charge is 0.250 e. The molecule has 94 valence electrons. The SMILES string of the molecule is C[C@@H]1CNC[C@@H](CN2CCC(F)(F)CC2)O1. The number of alkyl halides is 2. The summed E-state index contributed by atoms with van der Waals surface area (Å²) < 4.78 is 31.6. The van der Waals surface area contributed by atoms with E-state index in [9.17, 15) is 8.78 Å². The summed E-state index contributed by atoms with van der Waals surface area (Å²) in [5, 5.41) is 3.29. The number of hydrogen-bond donors (Lipinski definition) is 1. The average Bonchev–Trinajstić information content (AvgIpc) is 2.21. The van der Waals surface area contributed by atoms with Crippen LogP contribution in [0.1, 0.15) is 19.8 Å². The Hall–Kier alpha value is -0.260. The lowest BCUT2D eigenvalue weighted by molar-refractivity contribution is -0.0795. The lowest BCUT2D eigenvalue weighted by Crippen LogP contribution is -2.50. The van der Waals surface area contributed by atoms with Gasteiger partial charge in [0.05, 0.1) is 12.2 Å². The summed E-state index contributed by atoms with van der Waals surface area (Å²) in [4.78, 5) is 2.09. The number of rotatable bonds is 2. The van der Waals surface area contributed by atoms with Gasteiger partial charge in [0.15, 0.2) is 0 Å². The molecular weight excluding hydrogens is 214 g/mol. The van der Waals surface area contributed by atoms with Crippen molar-refractivity contribution in [1.82, 2.24) is 10.2 Å². The lowest BCUT2D eigenvalue weighted by Gasteiger charge is -2.36. The van der Waals surface area contributed by atoms with Crippen LogP contribution < -0.4 is 5.32 Å². The second-order valence-corrected chi connectivity index (χ2v) is 4.88. The largest absolute Gasteiger partial charge is 0.371 e. The summed E-state index contributed by atoms with van der Waals surface area (Å²) >= 11 is 0. The molecule has 2 saturated heterocycles. The first-order valence-corrected chi connectivity index (χ1v) is 6.01. The van der Waals surface area contributed by atoms with E-state index < -0.39 is 5.92 Å². The van der Waals surface area contributed by atoms with Crippen molar-refractivity contribution in [2.75, 3.05) is 32.7 Å². The summed E-state index contributed by atoms with van der Waals surface area (Å²) in [5.74, 6) is -2.45. The van der Waals surface area contributed by atoms with Crippen molar-refractivity contribution < 1.29 is 13.5 Å². The van der Waals surface area contributed by atoms with Gasteiger partial charge < -0.3 is 15.0 Å². The van der Waals surface area contributed by atoms with Crippen molar-refractivity contribution in [3.05, 3.63) is 0 Å². The molecule has 2 fully saturated rings. The predicted molar refractivity (Wildman–Crippen MR) is 57.8 cm³/mol. The van der Waals surface area contributed by atoms with E-state index in [1.165, 1.54) is 0 Å². The molecule has 0 bridgehead atoms. The third kappa shape index (κ3) is 3.37. The molecule has 2 atom stereocenters. The molecule has 0 radical (unpaired) electrons. The van der Waals surface area contributed by atoms with E-state index in [2.05, 4.69) is 10.2 Å². The van der Waals surface area contributed by atoms with Gasteiger partial charge in [-0.1, -0.05) is 0 Å². The minimum atomic E-state index is -2.45. The van der Waals surface area contributed by atoms with Crippen LogP contribution in [-0.4, -0.2) is 55.8 Å². The third-order valence-electron chi connectivity index (χ3n) is 3.28. The highest BCUT2D eigenvalue weighted by molar-refractivity contribution is 4.81. The number of halogens is 2. The number of ether oxygens (including phenoxy) is 1. The molecule has 0 aromatic rings. The standard InChI is InChI=1S/C11H20F2N2O/c1-9-6-14-7-10(16-9)8-15-4-2-11(12,13)3-5-15/h9-10,14H,2-8H2,1H3/t9-,10+/m1/s1. The summed E-state index contributed by atoms with van der Waals surface area (Å²) in [6.45, 7) is 5.49. The van der Waals surface area contributed by atoms with E-state index in [4.69, 9.17) is 4.74 Å². The van der Waals surface area contributed by atoms with Crippen LogP contribution in [-0.2, 0) is 4.74 Å². The molecule has 0 aromatic heterocycles. The molecule has 0 amide bonds. The minimum Gasteiger partial charge on any atom is -0.371 e. The Morgan fingerprint density at radius 3 is 2.62 bits per heavy atom. The van der Waals surface area contributed by atoms with E-state index in [0.717, 1.165) is 19.6 Å². The third-order valence-corrected chi connectivity index (χ3v) is 3.28. The number of nitrogens with zero attached hydrogens (tertiary/aromatic N) is 1. The predicted octanol–water partition coefficient (Wildman–Crippen LogP) is 1.09. The molecule has 3 nitrogen and oxygen atoms in total. The molecule has 2 aliphatic rings. The molecular formula is C11H20F2N2O. The van der Waals surface area contributed by atoms with Crippen LogP contribution >= 0.6 is 0 Å². The molecule has 2 aliphatic heterocycles. The fourth-order valence-corrected chi connectivity index (χ4v) is 2.33. The van der Waals surface area contributed by atoms with E-state index in [0.29, 0.717) is 13.1 Å². The molecule has 0 saturated carbocycles. The van der Waals surface area contributed by atoms with Crippen molar-refractivity contribution in [1.29, 1.82) is 0 Å². The Morgan fingerprint density at radius 2 is 2.00 bits per heavy atom. The lowest BCUT2D eigenvalue weighted by atomic mass is 10.1. The van der Waals surface area contributed by atoms with Crippen LogP contribution in [0.4, 0.5) is 8.78 Å². The van der Waals surface area contributed by atoms with Gasteiger partial charge in [-0.15, -0.1) is 0 Å². The van der Waals surface area contributed by atoms with Gasteiger partial charge in [0.2, 0.25) is 0 Å². The first-order chi connectivity index (χ1) is 7.55. The highest BCUT2D eigenvalue weighted by Gasteiger charge is 2.34. The first-order valence-electron chi connectivity index (χ1n) is 6.01. The summed E-state index contributed by atoms with van der Waals surface area (Å²) in [6.07, 6.45) is 0.353. The Morgan fingerprint density at radius 1 is 1.31 bits per heavy atom. The van der Waals surface area contributed by atoms with Crippen LogP contribution in [0, 0.1) is 0 Å². The van der Waals surface area contributed by atoms with Crippen LogP contribution in [0.25, 0.3) is 0 Å². The maximum Gasteiger partial charge on any atom is 0.250 e. The van der Waals surface area contributed by atoms with Crippen molar-refractivity contribution in [2.24, 2.45) is 0 Å². The van der Waals surface area contributed by atoms with Gasteiger partial charge in [0.1, 0.15) is 0 Å². The van der Waals surface area contributed by atoms with E-state index >= 15 is 0 Å². The fourth-order valence-electron chi connectivity index (χ4n) is 2.33. The normalized spacial score (nSPS) is 36.2. The monoisotopic (exact) mass is 234 g/mol. The second kappa shape index (κ2) is 4.94. The highest BCUT2D eigenvalue weighted by Crippen LogP contribution is 2.27. The Labute approximate surface area is 95.1 Å². The molecule has 16 heavy (non-hydrogen) atoms. The molecule has 0 spiro atoms. The molecule has 0 unspecified atom stereocenters. The minimum absolute atomic E-state index is 0.0112. The topological polar surface area (TPSA) is 24.5 Å². The number of hydrogen-bond acceptors (Lipinski definition) is 3. The van der Waals surface area contributed by atoms with Crippen molar-refractivity contribution in [3.8, 4) is 0 Å². The molecule has 1 N–H and O–H groups in total. The van der Waals surface area contributed by atoms with Gasteiger partial charge in [-0.2, -0.15) is 0 Å². The molecule has 2 heterocycles. The maximum absolute atomic E-state index is 12.9. The molecule has 5 heteroatoms. The van der Waals surface area contributed by atoms with E-state index in [1.54, 1.807) is 0 Å². The first kappa shape index (κ1) is 12.2. The fraction of sp³-hybridized carbons (Fsp3) is 1.00. The highest BCUT2D eigenvalue weighted by atomic mass is 19.3. The van der Waals surface area contributed by atoms with Gasteiger partial charge in [0.25, 0.3) is 5.92 Å². The van der Waals surface area contributed by atoms with Crippen molar-refractivity contribution in [2.45, 2.75) is 37.9 Å². The van der Waals surface area contributed by atoms with Crippen molar-refractivity contribution in [3.63, 3.8) is 0 Å². The van der Waals surface area contributed by atoms with Gasteiger partial charge in [-0.3, -0.25) is 0 Å². The summed E-state index contributed by atoms with van der Waals surface area (Å²) in [5.41, 5.74) is 0. The maximum atomic E-state index is 12.9. The average molecular weight is 234 g/mol. The van der Waals surface area contributed by atoms with E-state index in [-0.39, 0.29) is 25.0 Å². The second-order valence-electron chi connectivity index (χ2n) is 4.88. The van der Waals surface area contributed by atoms with Crippen LogP contribution in [0.2, 0.25) is 0 Å². The number of morpholine rings is 1. The Balaban J connectivity index is 1.74. The number of nitrogens with one attached hydrogen (secondary N) is 1. The zero-order valence-corrected chi connectivity index (χ0v) is 9.72. The molecule has 0 aliphatic carbocycles. The Bertz CT molecular complexity index is 228. The van der Waals surface area contributed by atoms with Crippen LogP contribution in [0.5, 0.6) is 0 Å². The van der Waals surface area contributed by atoms with Crippen LogP contribution in [0.3, 0.4) is 0 Å². The Kier molecular flexibility index (Phi) is 3.77. The summed E-state index contributed by atoms with van der Waals surface area (Å²) in [7, 11) is 0. The molecule has 2 rings (SSSR count). The van der Waals surface area contributed by atoms with Gasteiger partial charge in [-0.25, -0.2) is 8.78 Å². The zero-order valence-electron chi connectivity index (χ0n) is 9.72. The van der Waals surface area contributed by atoms with Gasteiger partial charge in [0, 0.05) is 45.6 Å². The van der Waals surface area contributed by atoms with E-state index in [1.807, 2.05) is 6.92 Å². The quantitative estimate of drug-likeness (QED) is 0.774. The number of likely N-dealkylation sites (tertiary alicyclic amines) is 1. The van der Waals surface area contributed by atoms with Crippen LogP contribution in [0.15, 0.2) is 0 Å². The van der Waals surface area contributed by atoms with Gasteiger partial charge >= 0.3 is 0 Å². The van der Waals surface area contributed by atoms with Gasteiger partial charge in [-0.05, 0) is 6.92 Å². The molecule has 0 aromatic carbocycles. The summed E-state index contributed by atoms with van der Waals surface area (Å²) in [6, 6.07) is 0. The number of piperidine rings is 1. The zero-order chi connectivity index (χ0) is 11.6.